The van der Waals surface area contributed by atoms with Crippen molar-refractivity contribution in [2.45, 2.75) is 66.3 Å². The molecule has 0 spiro atoms. The molecule has 1 aromatic heterocycles. The Labute approximate surface area is 116 Å². The first-order valence-corrected chi connectivity index (χ1v) is 7.19. The maximum absolute atomic E-state index is 11.9. The average Bonchev–Trinajstić information content (AvgIpc) is 2.66. The van der Waals surface area contributed by atoms with Crippen LogP contribution in [-0.2, 0) is 9.53 Å². The van der Waals surface area contributed by atoms with Gasteiger partial charge in [-0.25, -0.2) is 0 Å². The van der Waals surface area contributed by atoms with Crippen LogP contribution in [0.2, 0.25) is 0 Å². The third-order valence-corrected chi connectivity index (χ3v) is 3.74. The summed E-state index contributed by atoms with van der Waals surface area (Å²) in [6, 6.07) is 0.404. The lowest BCUT2D eigenvalue weighted by Gasteiger charge is -2.16. The molecule has 1 heterocycles. The van der Waals surface area contributed by atoms with Crippen LogP contribution in [0.5, 0.6) is 0 Å². The van der Waals surface area contributed by atoms with E-state index in [1.807, 2.05) is 27.7 Å². The number of carbonyl (C=O) groups excluding carboxylic acids is 1. The molecule has 0 bridgehead atoms. The predicted molar refractivity (Wildman–Crippen MR) is 76.4 cm³/mol. The summed E-state index contributed by atoms with van der Waals surface area (Å²) in [4.78, 5) is 11.9. The third kappa shape index (κ3) is 3.17. The fourth-order valence-corrected chi connectivity index (χ4v) is 2.68. The second-order valence-corrected chi connectivity index (χ2v) is 4.97. The summed E-state index contributed by atoms with van der Waals surface area (Å²) >= 11 is 0. The van der Waals surface area contributed by atoms with Crippen molar-refractivity contribution in [1.29, 1.82) is 0 Å². The molecular formula is C15H26N2O2. The number of aryl methyl sites for hydroxylation is 1. The molecule has 4 heteroatoms. The largest absolute Gasteiger partial charge is 0.466 e. The fraction of sp³-hybridized carbons (Fsp3) is 0.733. The van der Waals surface area contributed by atoms with Gasteiger partial charge < -0.3 is 4.74 Å². The van der Waals surface area contributed by atoms with Gasteiger partial charge in [0.2, 0.25) is 0 Å². The van der Waals surface area contributed by atoms with E-state index in [9.17, 15) is 4.79 Å². The summed E-state index contributed by atoms with van der Waals surface area (Å²) in [5.74, 6) is -0.416. The first-order valence-electron chi connectivity index (χ1n) is 7.19. The van der Waals surface area contributed by atoms with Gasteiger partial charge in [-0.05, 0) is 40.5 Å². The quantitative estimate of drug-likeness (QED) is 0.740. The normalized spacial score (nSPS) is 12.8. The molecule has 0 N–H and O–H groups in total. The number of nitrogens with zero attached hydrogens (tertiary/aromatic N) is 2. The van der Waals surface area contributed by atoms with Gasteiger partial charge in [-0.1, -0.05) is 13.8 Å². The molecule has 0 saturated heterocycles. The van der Waals surface area contributed by atoms with E-state index in [-0.39, 0.29) is 11.9 Å². The molecule has 1 rings (SSSR count). The first kappa shape index (κ1) is 15.7. The van der Waals surface area contributed by atoms with Gasteiger partial charge in [0.1, 0.15) is 0 Å². The Morgan fingerprint density at radius 2 is 1.84 bits per heavy atom. The fourth-order valence-electron chi connectivity index (χ4n) is 2.68. The van der Waals surface area contributed by atoms with E-state index in [0.717, 1.165) is 29.8 Å². The summed E-state index contributed by atoms with van der Waals surface area (Å²) in [5.41, 5.74) is 3.04. The van der Waals surface area contributed by atoms with E-state index < -0.39 is 0 Å². The van der Waals surface area contributed by atoms with Gasteiger partial charge in [0.15, 0.2) is 0 Å². The average molecular weight is 266 g/mol. The number of ether oxygens (including phenoxy) is 1. The molecule has 108 valence electrons. The van der Waals surface area contributed by atoms with Crippen molar-refractivity contribution in [3.8, 4) is 0 Å². The predicted octanol–water partition coefficient (Wildman–Crippen LogP) is 3.53. The summed E-state index contributed by atoms with van der Waals surface area (Å²) in [5, 5.41) is 4.62. The van der Waals surface area contributed by atoms with Crippen molar-refractivity contribution in [2.24, 2.45) is 0 Å². The van der Waals surface area contributed by atoms with Crippen LogP contribution in [0.25, 0.3) is 0 Å². The number of aromatic nitrogens is 2. The van der Waals surface area contributed by atoms with Crippen molar-refractivity contribution < 1.29 is 9.53 Å². The van der Waals surface area contributed by atoms with Crippen LogP contribution in [0.4, 0.5) is 0 Å². The van der Waals surface area contributed by atoms with Crippen molar-refractivity contribution in [3.05, 3.63) is 17.0 Å². The highest BCUT2D eigenvalue weighted by Gasteiger charge is 2.25. The smallest absolute Gasteiger partial charge is 0.313 e. The minimum Gasteiger partial charge on any atom is -0.466 e. The molecule has 0 aromatic carbocycles. The molecule has 4 nitrogen and oxygen atoms in total. The summed E-state index contributed by atoms with van der Waals surface area (Å²) in [7, 11) is 0. The van der Waals surface area contributed by atoms with Crippen LogP contribution in [0.3, 0.4) is 0 Å². The molecule has 19 heavy (non-hydrogen) atoms. The number of hydrogen-bond donors (Lipinski definition) is 0. The molecule has 0 aliphatic heterocycles. The van der Waals surface area contributed by atoms with Crippen molar-refractivity contribution in [3.63, 3.8) is 0 Å². The van der Waals surface area contributed by atoms with Gasteiger partial charge in [-0.15, -0.1) is 0 Å². The number of rotatable bonds is 6. The van der Waals surface area contributed by atoms with Crippen molar-refractivity contribution in [1.82, 2.24) is 9.78 Å². The van der Waals surface area contributed by atoms with Crippen LogP contribution >= 0.6 is 0 Å². The Bertz CT molecular complexity index is 434. The minimum atomic E-state index is -0.247. The van der Waals surface area contributed by atoms with Crippen LogP contribution in [0, 0.1) is 13.8 Å². The molecule has 1 aromatic rings. The van der Waals surface area contributed by atoms with E-state index in [1.54, 1.807) is 0 Å². The van der Waals surface area contributed by atoms with Gasteiger partial charge in [0.25, 0.3) is 0 Å². The van der Waals surface area contributed by atoms with E-state index in [1.165, 1.54) is 0 Å². The molecule has 0 saturated carbocycles. The standard InChI is InChI=1S/C15H26N2O2/c1-7-13(8-2)17-12(6)14(11(5)16-17)10(4)15(18)19-9-3/h10,13H,7-9H2,1-6H3. The summed E-state index contributed by atoms with van der Waals surface area (Å²) in [6.45, 7) is 12.5. The molecule has 0 radical (unpaired) electrons. The van der Waals surface area contributed by atoms with Crippen LogP contribution in [0.1, 0.15) is 69.4 Å². The first-order chi connectivity index (χ1) is 8.97. The lowest BCUT2D eigenvalue weighted by atomic mass is 9.99. The topological polar surface area (TPSA) is 44.1 Å². The Morgan fingerprint density at radius 1 is 1.26 bits per heavy atom. The van der Waals surface area contributed by atoms with E-state index >= 15 is 0 Å². The monoisotopic (exact) mass is 266 g/mol. The van der Waals surface area contributed by atoms with E-state index in [2.05, 4.69) is 23.6 Å². The second-order valence-electron chi connectivity index (χ2n) is 4.97. The highest BCUT2D eigenvalue weighted by Crippen LogP contribution is 2.28. The third-order valence-electron chi connectivity index (χ3n) is 3.74. The molecular weight excluding hydrogens is 240 g/mol. The molecule has 0 aliphatic carbocycles. The van der Waals surface area contributed by atoms with Gasteiger partial charge in [0.05, 0.1) is 24.3 Å². The van der Waals surface area contributed by atoms with Crippen LogP contribution in [-0.4, -0.2) is 22.4 Å². The summed E-state index contributed by atoms with van der Waals surface area (Å²) in [6.07, 6.45) is 2.09. The van der Waals surface area contributed by atoms with E-state index in [4.69, 9.17) is 4.74 Å². The number of hydrogen-bond acceptors (Lipinski definition) is 3. The zero-order valence-corrected chi connectivity index (χ0v) is 13.0. The van der Waals surface area contributed by atoms with Gasteiger partial charge in [-0.3, -0.25) is 9.48 Å². The van der Waals surface area contributed by atoms with Gasteiger partial charge in [0, 0.05) is 11.3 Å². The molecule has 0 fully saturated rings. The van der Waals surface area contributed by atoms with Crippen molar-refractivity contribution >= 4 is 5.97 Å². The van der Waals surface area contributed by atoms with Crippen LogP contribution in [0.15, 0.2) is 0 Å². The Hall–Kier alpha value is -1.32. The lowest BCUT2D eigenvalue weighted by Crippen LogP contribution is -2.15. The SMILES string of the molecule is CCOC(=O)C(C)c1c(C)nn(C(CC)CC)c1C. The molecule has 1 unspecified atom stereocenters. The van der Waals surface area contributed by atoms with Gasteiger partial charge in [-0.2, -0.15) is 5.10 Å². The highest BCUT2D eigenvalue weighted by molar-refractivity contribution is 5.78. The Balaban J connectivity index is 3.12. The lowest BCUT2D eigenvalue weighted by molar-refractivity contribution is -0.144. The van der Waals surface area contributed by atoms with Gasteiger partial charge >= 0.3 is 5.97 Å². The maximum Gasteiger partial charge on any atom is 0.313 e. The number of esters is 1. The van der Waals surface area contributed by atoms with Crippen molar-refractivity contribution in [2.75, 3.05) is 6.61 Å². The molecule has 0 aliphatic rings. The van der Waals surface area contributed by atoms with Crippen LogP contribution < -0.4 is 0 Å². The Kier molecular flexibility index (Phi) is 5.58. The summed E-state index contributed by atoms with van der Waals surface area (Å²) < 4.78 is 7.18. The highest BCUT2D eigenvalue weighted by atomic mass is 16.5. The maximum atomic E-state index is 11.9. The zero-order chi connectivity index (χ0) is 14.6. The molecule has 1 atom stereocenters. The minimum absolute atomic E-state index is 0.169. The zero-order valence-electron chi connectivity index (χ0n) is 13.0. The number of carbonyl (C=O) groups is 1. The van der Waals surface area contributed by atoms with E-state index in [0.29, 0.717) is 12.6 Å². The second kappa shape index (κ2) is 6.73. The molecule has 0 amide bonds. The Morgan fingerprint density at radius 3 is 2.32 bits per heavy atom.